The zero-order valence-electron chi connectivity index (χ0n) is 9.38. The molecule has 0 aromatic carbocycles. The second kappa shape index (κ2) is 2.97. The third-order valence-electron chi connectivity index (χ3n) is 2.34. The van der Waals surface area contributed by atoms with Crippen molar-refractivity contribution in [1.29, 1.82) is 0 Å². The Labute approximate surface area is 84.2 Å². The van der Waals surface area contributed by atoms with E-state index in [1.807, 2.05) is 20.8 Å². The number of hydrogen-bond donors (Lipinski definition) is 0. The molecule has 14 heavy (non-hydrogen) atoms. The van der Waals surface area contributed by atoms with E-state index < -0.39 is 11.6 Å². The number of carbonyl (C=O) groups excluding carboxylic acids is 2. The standard InChI is InChI=1S/C10H17NO3/c1-7(12)14-10(5)6-11(8(10)13)9(2,3)4/h6H2,1-5H3. The molecular formula is C10H17NO3. The van der Waals surface area contributed by atoms with Gasteiger partial charge in [-0.3, -0.25) is 9.59 Å². The van der Waals surface area contributed by atoms with Gasteiger partial charge in [-0.05, 0) is 27.7 Å². The van der Waals surface area contributed by atoms with E-state index in [0.717, 1.165) is 0 Å². The molecule has 0 bridgehead atoms. The van der Waals surface area contributed by atoms with E-state index in [-0.39, 0.29) is 11.4 Å². The summed E-state index contributed by atoms with van der Waals surface area (Å²) in [6.07, 6.45) is 0. The van der Waals surface area contributed by atoms with Crippen molar-refractivity contribution in [2.24, 2.45) is 0 Å². The van der Waals surface area contributed by atoms with Crippen LogP contribution in [0.4, 0.5) is 0 Å². The fourth-order valence-corrected chi connectivity index (χ4v) is 1.57. The van der Waals surface area contributed by atoms with Crippen molar-refractivity contribution in [2.75, 3.05) is 6.54 Å². The second-order valence-electron chi connectivity index (χ2n) is 4.89. The van der Waals surface area contributed by atoms with E-state index in [1.54, 1.807) is 11.8 Å². The lowest BCUT2D eigenvalue weighted by atomic mass is 9.88. The Morgan fingerprint density at radius 3 is 2.29 bits per heavy atom. The first-order valence-electron chi connectivity index (χ1n) is 4.68. The van der Waals surface area contributed by atoms with E-state index in [9.17, 15) is 9.59 Å². The highest BCUT2D eigenvalue weighted by atomic mass is 16.6. The highest BCUT2D eigenvalue weighted by Crippen LogP contribution is 2.32. The minimum Gasteiger partial charge on any atom is -0.447 e. The lowest BCUT2D eigenvalue weighted by Gasteiger charge is -2.51. The predicted molar refractivity (Wildman–Crippen MR) is 51.6 cm³/mol. The van der Waals surface area contributed by atoms with Gasteiger partial charge in [-0.25, -0.2) is 0 Å². The number of ether oxygens (including phenoxy) is 1. The van der Waals surface area contributed by atoms with E-state index in [2.05, 4.69) is 0 Å². The number of likely N-dealkylation sites (tertiary alicyclic amines) is 1. The van der Waals surface area contributed by atoms with Crippen LogP contribution in [0.2, 0.25) is 0 Å². The molecule has 1 atom stereocenters. The molecule has 1 unspecified atom stereocenters. The molecule has 1 heterocycles. The van der Waals surface area contributed by atoms with Crippen LogP contribution in [-0.4, -0.2) is 34.5 Å². The summed E-state index contributed by atoms with van der Waals surface area (Å²) >= 11 is 0. The lowest BCUT2D eigenvalue weighted by molar-refractivity contribution is -0.197. The zero-order valence-corrected chi connectivity index (χ0v) is 9.38. The average molecular weight is 199 g/mol. The molecule has 1 aliphatic rings. The maximum atomic E-state index is 11.7. The fraction of sp³-hybridized carbons (Fsp3) is 0.800. The van der Waals surface area contributed by atoms with E-state index >= 15 is 0 Å². The summed E-state index contributed by atoms with van der Waals surface area (Å²) in [7, 11) is 0. The second-order valence-corrected chi connectivity index (χ2v) is 4.89. The first-order chi connectivity index (χ1) is 6.17. The smallest absolute Gasteiger partial charge is 0.303 e. The molecule has 4 heteroatoms. The molecule has 0 radical (unpaired) electrons. The number of β-lactam (4-membered cyclic amide) rings is 1. The van der Waals surface area contributed by atoms with Gasteiger partial charge in [0.25, 0.3) is 5.91 Å². The van der Waals surface area contributed by atoms with Gasteiger partial charge in [-0.15, -0.1) is 0 Å². The normalized spacial score (nSPS) is 27.2. The quantitative estimate of drug-likeness (QED) is 0.466. The molecule has 0 aromatic rings. The number of rotatable bonds is 1. The molecule has 0 N–H and O–H groups in total. The predicted octanol–water partition coefficient (Wildman–Crippen LogP) is 0.949. The van der Waals surface area contributed by atoms with Gasteiger partial charge in [-0.1, -0.05) is 0 Å². The Hall–Kier alpha value is -1.06. The first kappa shape index (κ1) is 11.0. The number of carbonyl (C=O) groups is 2. The molecule has 0 aromatic heterocycles. The Kier molecular flexibility index (Phi) is 2.34. The molecular weight excluding hydrogens is 182 g/mol. The summed E-state index contributed by atoms with van der Waals surface area (Å²) in [6, 6.07) is 0. The summed E-state index contributed by atoms with van der Waals surface area (Å²) in [5, 5.41) is 0. The van der Waals surface area contributed by atoms with E-state index in [4.69, 9.17) is 4.74 Å². The van der Waals surface area contributed by atoms with Crippen molar-refractivity contribution in [2.45, 2.75) is 45.8 Å². The molecule has 4 nitrogen and oxygen atoms in total. The SMILES string of the molecule is CC(=O)OC1(C)CN(C(C)(C)C)C1=O. The summed E-state index contributed by atoms with van der Waals surface area (Å²) in [5.41, 5.74) is -1.13. The highest BCUT2D eigenvalue weighted by Gasteiger charge is 2.54. The minimum atomic E-state index is -0.931. The molecule has 1 amide bonds. The summed E-state index contributed by atoms with van der Waals surface area (Å²) in [6.45, 7) is 9.32. The Morgan fingerprint density at radius 2 is 2.00 bits per heavy atom. The number of hydrogen-bond acceptors (Lipinski definition) is 3. The summed E-state index contributed by atoms with van der Waals surface area (Å²) in [4.78, 5) is 24.2. The van der Waals surface area contributed by atoms with Crippen molar-refractivity contribution >= 4 is 11.9 Å². The molecule has 1 rings (SSSR count). The van der Waals surface area contributed by atoms with Crippen LogP contribution in [-0.2, 0) is 14.3 Å². The molecule has 80 valence electrons. The van der Waals surface area contributed by atoms with Crippen LogP contribution in [0.5, 0.6) is 0 Å². The zero-order chi connectivity index (χ0) is 11.1. The van der Waals surface area contributed by atoms with Gasteiger partial charge in [0.2, 0.25) is 5.60 Å². The minimum absolute atomic E-state index is 0.111. The third-order valence-corrected chi connectivity index (χ3v) is 2.34. The van der Waals surface area contributed by atoms with E-state index in [0.29, 0.717) is 6.54 Å². The monoisotopic (exact) mass is 199 g/mol. The Balaban J connectivity index is 2.68. The first-order valence-corrected chi connectivity index (χ1v) is 4.68. The average Bonchev–Trinajstić information content (AvgIpc) is 1.97. The van der Waals surface area contributed by atoms with Crippen LogP contribution >= 0.6 is 0 Å². The molecule has 0 aliphatic carbocycles. The third kappa shape index (κ3) is 1.74. The van der Waals surface area contributed by atoms with Gasteiger partial charge in [0, 0.05) is 12.5 Å². The van der Waals surface area contributed by atoms with Gasteiger partial charge in [0.05, 0.1) is 6.54 Å². The van der Waals surface area contributed by atoms with Gasteiger partial charge in [-0.2, -0.15) is 0 Å². The van der Waals surface area contributed by atoms with Gasteiger partial charge < -0.3 is 9.64 Å². The van der Waals surface area contributed by atoms with Crippen LogP contribution < -0.4 is 0 Å². The summed E-state index contributed by atoms with van der Waals surface area (Å²) < 4.78 is 4.98. The van der Waals surface area contributed by atoms with Crippen molar-refractivity contribution in [3.8, 4) is 0 Å². The highest BCUT2D eigenvalue weighted by molar-refractivity contribution is 5.93. The lowest BCUT2D eigenvalue weighted by Crippen LogP contribution is -2.71. The number of nitrogens with zero attached hydrogens (tertiary/aromatic N) is 1. The summed E-state index contributed by atoms with van der Waals surface area (Å²) in [5.74, 6) is -0.519. The van der Waals surface area contributed by atoms with E-state index in [1.165, 1.54) is 6.92 Å². The van der Waals surface area contributed by atoms with Crippen molar-refractivity contribution in [1.82, 2.24) is 4.90 Å². The maximum Gasteiger partial charge on any atom is 0.303 e. The van der Waals surface area contributed by atoms with Crippen LogP contribution in [0, 0.1) is 0 Å². The largest absolute Gasteiger partial charge is 0.447 e. The van der Waals surface area contributed by atoms with Crippen LogP contribution in [0.3, 0.4) is 0 Å². The molecule has 0 saturated carbocycles. The maximum absolute atomic E-state index is 11.7. The van der Waals surface area contributed by atoms with Crippen LogP contribution in [0.15, 0.2) is 0 Å². The van der Waals surface area contributed by atoms with Crippen molar-refractivity contribution in [3.63, 3.8) is 0 Å². The van der Waals surface area contributed by atoms with Gasteiger partial charge in [0.1, 0.15) is 0 Å². The van der Waals surface area contributed by atoms with Gasteiger partial charge >= 0.3 is 5.97 Å². The molecule has 1 saturated heterocycles. The molecule has 1 aliphatic heterocycles. The van der Waals surface area contributed by atoms with Gasteiger partial charge in [0.15, 0.2) is 0 Å². The molecule has 1 fully saturated rings. The van der Waals surface area contributed by atoms with Crippen molar-refractivity contribution in [3.05, 3.63) is 0 Å². The number of amides is 1. The fourth-order valence-electron chi connectivity index (χ4n) is 1.57. The Morgan fingerprint density at radius 1 is 1.50 bits per heavy atom. The van der Waals surface area contributed by atoms with Crippen molar-refractivity contribution < 1.29 is 14.3 Å². The topological polar surface area (TPSA) is 46.6 Å². The molecule has 0 spiro atoms. The Bertz CT molecular complexity index is 280. The van der Waals surface area contributed by atoms with Crippen LogP contribution in [0.25, 0.3) is 0 Å². The van der Waals surface area contributed by atoms with Crippen LogP contribution in [0.1, 0.15) is 34.6 Å². The number of esters is 1.